The number of aryl methyl sites for hydroxylation is 3. The maximum Gasteiger partial charge on any atom is 0.162 e. The molecule has 1 aliphatic carbocycles. The fraction of sp³-hybridized carbons (Fsp3) is 0.429. The van der Waals surface area contributed by atoms with Crippen LogP contribution in [0.1, 0.15) is 68.4 Å². The van der Waals surface area contributed by atoms with Crippen LogP contribution in [0.25, 0.3) is 27.6 Å². The fourth-order valence-electron chi connectivity index (χ4n) is 7.78. The number of hydrogen-bond acceptors (Lipinski definition) is 3. The first-order chi connectivity index (χ1) is 18.5. The third kappa shape index (κ3) is 3.74. The molecule has 0 amide bonds. The Bertz CT molecular complexity index is 1590. The summed E-state index contributed by atoms with van der Waals surface area (Å²) in [7, 11) is 2.16. The largest absolute Gasteiger partial charge is 0.454 e. The lowest BCUT2D eigenvalue weighted by molar-refractivity contribution is 0.352. The van der Waals surface area contributed by atoms with Crippen molar-refractivity contribution < 1.29 is 8.81 Å². The van der Waals surface area contributed by atoms with Gasteiger partial charge in [-0.1, -0.05) is 58.0 Å². The van der Waals surface area contributed by atoms with E-state index in [2.05, 4.69) is 83.6 Å². The highest BCUT2D eigenvalue weighted by atomic mass is 19.1. The summed E-state index contributed by atoms with van der Waals surface area (Å²) in [6, 6.07) is 14.2. The van der Waals surface area contributed by atoms with E-state index in [0.717, 1.165) is 28.5 Å². The smallest absolute Gasteiger partial charge is 0.162 e. The predicted molar refractivity (Wildman–Crippen MR) is 161 cm³/mol. The fourth-order valence-corrected chi connectivity index (χ4v) is 7.78. The van der Waals surface area contributed by atoms with Gasteiger partial charge in [-0.15, -0.1) is 0 Å². The van der Waals surface area contributed by atoms with E-state index in [9.17, 15) is 0 Å². The summed E-state index contributed by atoms with van der Waals surface area (Å²) in [4.78, 5) is 4.59. The van der Waals surface area contributed by atoms with Crippen LogP contribution in [0.3, 0.4) is 0 Å². The van der Waals surface area contributed by atoms with Gasteiger partial charge in [-0.05, 0) is 91.7 Å². The van der Waals surface area contributed by atoms with E-state index in [1.165, 1.54) is 28.0 Å². The third-order valence-electron chi connectivity index (χ3n) is 10.4. The Balaban J connectivity index is 1.46. The van der Waals surface area contributed by atoms with Crippen LogP contribution in [0.2, 0.25) is 0 Å². The second-order valence-electron chi connectivity index (χ2n) is 12.5. The molecule has 3 aromatic carbocycles. The average molecular weight is 525 g/mol. The van der Waals surface area contributed by atoms with E-state index in [-0.39, 0.29) is 12.0 Å². The molecule has 1 fully saturated rings. The Morgan fingerprint density at radius 3 is 2.05 bits per heavy atom. The van der Waals surface area contributed by atoms with Gasteiger partial charge in [0.1, 0.15) is 17.6 Å². The molecule has 0 N–H and O–H groups in total. The van der Waals surface area contributed by atoms with Crippen LogP contribution in [0.15, 0.2) is 53.1 Å². The highest BCUT2D eigenvalue weighted by molar-refractivity contribution is 6.10. The molecule has 5 atom stereocenters. The van der Waals surface area contributed by atoms with Gasteiger partial charge in [-0.25, -0.2) is 4.39 Å². The van der Waals surface area contributed by atoms with Crippen LogP contribution in [-0.2, 0) is 0 Å². The minimum atomic E-state index is -0.234. The molecule has 1 aromatic heterocycles. The van der Waals surface area contributed by atoms with Gasteiger partial charge in [-0.2, -0.15) is 0 Å². The quantitative estimate of drug-likeness (QED) is 0.266. The van der Waals surface area contributed by atoms with E-state index in [0.29, 0.717) is 34.3 Å². The molecule has 4 unspecified atom stereocenters. The minimum absolute atomic E-state index is 0.0515. The second kappa shape index (κ2) is 9.15. The normalized spacial score (nSPS) is 27.3. The Kier molecular flexibility index (Phi) is 6.09. The molecule has 6 rings (SSSR count). The lowest BCUT2D eigenvalue weighted by Crippen LogP contribution is -2.35. The highest BCUT2D eigenvalue weighted by Crippen LogP contribution is 2.51. The minimum Gasteiger partial charge on any atom is -0.454 e. The summed E-state index contributed by atoms with van der Waals surface area (Å²) < 4.78 is 21.6. The van der Waals surface area contributed by atoms with Gasteiger partial charge in [-0.3, -0.25) is 0 Å². The number of halogens is 1. The number of hydrogen-bond donors (Lipinski definition) is 0. The van der Waals surface area contributed by atoms with Gasteiger partial charge < -0.3 is 14.2 Å². The number of anilines is 1. The molecule has 2 aliphatic rings. The van der Waals surface area contributed by atoms with Gasteiger partial charge in [0, 0.05) is 24.2 Å². The van der Waals surface area contributed by atoms with Crippen LogP contribution in [0.4, 0.5) is 10.1 Å². The Morgan fingerprint density at radius 2 is 1.41 bits per heavy atom. The number of furan rings is 1. The summed E-state index contributed by atoms with van der Waals surface area (Å²) in [5, 5.41) is 1.37. The van der Waals surface area contributed by atoms with Crippen molar-refractivity contribution in [3.8, 4) is 0 Å². The molecule has 0 radical (unpaired) electrons. The Hall–Kier alpha value is -3.27. The van der Waals surface area contributed by atoms with Gasteiger partial charge in [0.05, 0.1) is 16.8 Å². The highest BCUT2D eigenvalue weighted by Gasteiger charge is 2.42. The summed E-state index contributed by atoms with van der Waals surface area (Å²) in [5.41, 5.74) is 9.71. The number of benzene rings is 3. The maximum absolute atomic E-state index is 15.3. The van der Waals surface area contributed by atoms with Crippen molar-refractivity contribution in [3.63, 3.8) is 0 Å². The van der Waals surface area contributed by atoms with Crippen molar-refractivity contribution in [1.29, 1.82) is 0 Å². The SMILES string of the molecule is Cc1cc(C2C(C)C(C)C(C)C2C)cc(C)c1C1=CN(c2c(C)cc(F)c3c2oc2ccccc23)[C@H](C)N1C. The predicted octanol–water partition coefficient (Wildman–Crippen LogP) is 9.39. The lowest BCUT2D eigenvalue weighted by atomic mass is 9.81. The van der Waals surface area contributed by atoms with Gasteiger partial charge in [0.15, 0.2) is 5.58 Å². The van der Waals surface area contributed by atoms with Crippen LogP contribution in [-0.4, -0.2) is 18.1 Å². The van der Waals surface area contributed by atoms with E-state index in [1.54, 1.807) is 6.07 Å². The van der Waals surface area contributed by atoms with Gasteiger partial charge in [0.25, 0.3) is 0 Å². The number of para-hydroxylation sites is 1. The van der Waals surface area contributed by atoms with Crippen LogP contribution < -0.4 is 4.90 Å². The molecule has 1 saturated carbocycles. The molecule has 4 aromatic rings. The van der Waals surface area contributed by atoms with E-state index in [1.807, 2.05) is 31.2 Å². The second-order valence-corrected chi connectivity index (χ2v) is 12.5. The first-order valence-electron chi connectivity index (χ1n) is 14.5. The zero-order valence-electron chi connectivity index (χ0n) is 24.8. The molecule has 0 saturated heterocycles. The van der Waals surface area contributed by atoms with E-state index in [4.69, 9.17) is 4.42 Å². The van der Waals surface area contributed by atoms with Crippen LogP contribution in [0, 0.1) is 50.3 Å². The van der Waals surface area contributed by atoms with Crippen molar-refractivity contribution in [3.05, 3.63) is 82.3 Å². The van der Waals surface area contributed by atoms with Crippen LogP contribution >= 0.6 is 0 Å². The third-order valence-corrected chi connectivity index (χ3v) is 10.4. The van der Waals surface area contributed by atoms with Gasteiger partial charge in [0.2, 0.25) is 0 Å². The molecule has 39 heavy (non-hydrogen) atoms. The Labute approximate surface area is 232 Å². The zero-order chi connectivity index (χ0) is 27.9. The molecular weight excluding hydrogens is 483 g/mol. The first-order valence-corrected chi connectivity index (χ1v) is 14.5. The first kappa shape index (κ1) is 26.0. The van der Waals surface area contributed by atoms with E-state index < -0.39 is 0 Å². The topological polar surface area (TPSA) is 19.6 Å². The molecule has 3 nitrogen and oxygen atoms in total. The Morgan fingerprint density at radius 1 is 0.795 bits per heavy atom. The number of fused-ring (bicyclic) bond motifs is 3. The molecule has 0 bridgehead atoms. The summed E-state index contributed by atoms with van der Waals surface area (Å²) in [6.45, 7) is 18.4. The monoisotopic (exact) mass is 524 g/mol. The summed E-state index contributed by atoms with van der Waals surface area (Å²) in [6.07, 6.45) is 2.29. The van der Waals surface area contributed by atoms with Crippen molar-refractivity contribution in [2.24, 2.45) is 23.7 Å². The molecular formula is C35H41FN2O. The van der Waals surface area contributed by atoms with Crippen molar-refractivity contribution in [1.82, 2.24) is 4.90 Å². The summed E-state index contributed by atoms with van der Waals surface area (Å²) in [5.74, 6) is 3.18. The molecule has 0 spiro atoms. The molecule has 4 heteroatoms. The van der Waals surface area contributed by atoms with Crippen molar-refractivity contribution in [2.75, 3.05) is 11.9 Å². The summed E-state index contributed by atoms with van der Waals surface area (Å²) >= 11 is 0. The zero-order valence-corrected chi connectivity index (χ0v) is 24.8. The number of rotatable bonds is 3. The van der Waals surface area contributed by atoms with E-state index >= 15 is 4.39 Å². The number of nitrogens with zero attached hydrogens (tertiary/aromatic N) is 2. The molecule has 204 valence electrons. The maximum atomic E-state index is 15.3. The van der Waals surface area contributed by atoms with Crippen molar-refractivity contribution in [2.45, 2.75) is 67.5 Å². The van der Waals surface area contributed by atoms with Gasteiger partial charge >= 0.3 is 0 Å². The standard InChI is InChI=1S/C35H41FN2O/c1-18-14-26(32-23(6)21(4)22(5)24(32)7)15-19(2)31(18)29-17-38(25(8)37(29)9)34-20(3)16-28(36)33-27-12-10-11-13-30(27)39-35(33)34/h10-17,21-25,32H,1-9H3/t21?,22?,23?,24?,25-,32?/m1/s1. The molecule has 1 aliphatic heterocycles. The van der Waals surface area contributed by atoms with Crippen LogP contribution in [0.5, 0.6) is 0 Å². The molecule has 2 heterocycles. The lowest BCUT2D eigenvalue weighted by Gasteiger charge is -2.30. The van der Waals surface area contributed by atoms with Crippen molar-refractivity contribution >= 4 is 33.3 Å². The average Bonchev–Trinajstić information content (AvgIpc) is 3.47.